The number of carboxylic acid groups (broad SMARTS) is 1. The van der Waals surface area contributed by atoms with E-state index in [-0.39, 0.29) is 6.54 Å². The molecular weight excluding hydrogens is 215 g/mol. The molecule has 0 spiro atoms. The highest BCUT2D eigenvalue weighted by molar-refractivity contribution is 7.52. The number of nitrogens with two attached hydrogens (primary N) is 1. The van der Waals surface area contributed by atoms with Gasteiger partial charge in [-0.15, -0.1) is 0 Å². The maximum atomic E-state index is 10.7. The number of carbonyl (C=O) groups is 2. The van der Waals surface area contributed by atoms with Crippen LogP contribution < -0.4 is 11.1 Å². The fourth-order valence-corrected chi connectivity index (χ4v) is 1.04. The zero-order valence-electron chi connectivity index (χ0n) is 7.08. The van der Waals surface area contributed by atoms with Crippen LogP contribution in [-0.2, 0) is 14.2 Å². The molecule has 1 atom stereocenters. The molecule has 0 rings (SSSR count). The van der Waals surface area contributed by atoms with Gasteiger partial charge in [-0.2, -0.15) is 0 Å². The van der Waals surface area contributed by atoms with Crippen molar-refractivity contribution < 1.29 is 29.0 Å². The summed E-state index contributed by atoms with van der Waals surface area (Å²) < 4.78 is 10.3. The maximum absolute atomic E-state index is 10.7. The van der Waals surface area contributed by atoms with Crippen LogP contribution in [0.5, 0.6) is 0 Å². The van der Waals surface area contributed by atoms with Gasteiger partial charge in [0.05, 0.1) is 0 Å². The number of hydrogen-bond acceptors (Lipinski definition) is 4. The molecule has 1 amide bonds. The number of aliphatic carboxylic acids is 1. The predicted molar refractivity (Wildman–Crippen MR) is 45.5 cm³/mol. The molecule has 0 aromatic rings. The van der Waals surface area contributed by atoms with Crippen LogP contribution in [0.2, 0.25) is 0 Å². The largest absolute Gasteiger partial charge is 0.480 e. The first-order valence-electron chi connectivity index (χ1n) is 3.52. The molecule has 0 saturated carbocycles. The number of carboxylic acids is 1. The lowest BCUT2D eigenvalue weighted by Crippen LogP contribution is -2.43. The normalized spacial score (nSPS) is 13.4. The number of hydrogen-bond donors (Lipinski definition) is 5. The molecule has 0 aliphatic carbocycles. The van der Waals surface area contributed by atoms with Crippen molar-refractivity contribution in [1.82, 2.24) is 5.32 Å². The first-order chi connectivity index (χ1) is 6.22. The van der Waals surface area contributed by atoms with Crippen molar-refractivity contribution in [3.8, 4) is 0 Å². The molecule has 14 heavy (non-hydrogen) atoms. The van der Waals surface area contributed by atoms with Gasteiger partial charge in [0.1, 0.15) is 12.2 Å². The van der Waals surface area contributed by atoms with Crippen LogP contribution in [0, 0.1) is 0 Å². The van der Waals surface area contributed by atoms with Crippen molar-refractivity contribution in [2.24, 2.45) is 5.73 Å². The second-order valence-electron chi connectivity index (χ2n) is 2.57. The number of amides is 1. The molecule has 8 nitrogen and oxygen atoms in total. The van der Waals surface area contributed by atoms with E-state index in [0.29, 0.717) is 0 Å². The smallest absolute Gasteiger partial charge is 0.334 e. The molecule has 0 saturated heterocycles. The summed E-state index contributed by atoms with van der Waals surface area (Å²) in [7, 11) is -4.41. The molecule has 82 valence electrons. The van der Waals surface area contributed by atoms with Crippen LogP contribution in [0.3, 0.4) is 0 Å². The summed E-state index contributed by atoms with van der Waals surface area (Å²) in [4.78, 5) is 37.6. The van der Waals surface area contributed by atoms with Gasteiger partial charge in [-0.25, -0.2) is 0 Å². The van der Waals surface area contributed by atoms with Crippen molar-refractivity contribution in [1.29, 1.82) is 0 Å². The Labute approximate surface area is 79.3 Å². The zero-order valence-corrected chi connectivity index (χ0v) is 7.98. The second-order valence-corrected chi connectivity index (χ2v) is 4.22. The van der Waals surface area contributed by atoms with Gasteiger partial charge in [0.15, 0.2) is 0 Å². The second kappa shape index (κ2) is 5.06. The van der Waals surface area contributed by atoms with E-state index in [1.807, 2.05) is 5.32 Å². The average molecular weight is 226 g/mol. The van der Waals surface area contributed by atoms with Gasteiger partial charge >= 0.3 is 13.6 Å². The first kappa shape index (κ1) is 13.1. The van der Waals surface area contributed by atoms with Crippen LogP contribution in [-0.4, -0.2) is 45.5 Å². The Bertz CT molecular complexity index is 273. The predicted octanol–water partition coefficient (Wildman–Crippen LogP) is -2.31. The van der Waals surface area contributed by atoms with E-state index in [1.165, 1.54) is 0 Å². The summed E-state index contributed by atoms with van der Waals surface area (Å²) in [5, 5.41) is 10.3. The minimum absolute atomic E-state index is 0.367. The number of rotatable bonds is 5. The lowest BCUT2D eigenvalue weighted by molar-refractivity contribution is -0.138. The highest BCUT2D eigenvalue weighted by atomic mass is 31.2. The highest BCUT2D eigenvalue weighted by Gasteiger charge is 2.20. The SMILES string of the molecule is N[C@@H](CNC(=O)CP(=O)(O)O)C(=O)O. The topological polar surface area (TPSA) is 150 Å². The molecule has 6 N–H and O–H groups in total. The summed E-state index contributed by atoms with van der Waals surface area (Å²) in [5.74, 6) is -2.24. The lowest BCUT2D eigenvalue weighted by Gasteiger charge is -2.08. The summed E-state index contributed by atoms with van der Waals surface area (Å²) in [6, 6.07) is -1.28. The molecule has 0 unspecified atom stereocenters. The number of nitrogens with one attached hydrogen (secondary N) is 1. The summed E-state index contributed by atoms with van der Waals surface area (Å²) in [6.07, 6.45) is -0.973. The van der Waals surface area contributed by atoms with E-state index >= 15 is 0 Å². The molecule has 9 heteroatoms. The fraction of sp³-hybridized carbons (Fsp3) is 0.600. The molecule has 0 aromatic heterocycles. The zero-order chi connectivity index (χ0) is 11.4. The molecule has 0 aromatic carbocycles. The van der Waals surface area contributed by atoms with Gasteiger partial charge in [-0.1, -0.05) is 0 Å². The fourth-order valence-electron chi connectivity index (χ4n) is 0.554. The minimum Gasteiger partial charge on any atom is -0.480 e. The van der Waals surface area contributed by atoms with Crippen molar-refractivity contribution in [2.75, 3.05) is 12.7 Å². The Morgan fingerprint density at radius 1 is 1.43 bits per heavy atom. The third-order valence-electron chi connectivity index (χ3n) is 1.19. The Balaban J connectivity index is 3.87. The van der Waals surface area contributed by atoms with Gasteiger partial charge < -0.3 is 25.9 Å². The van der Waals surface area contributed by atoms with Crippen molar-refractivity contribution in [3.05, 3.63) is 0 Å². The third-order valence-corrected chi connectivity index (χ3v) is 1.89. The summed E-state index contributed by atoms with van der Waals surface area (Å²) in [5.41, 5.74) is 5.02. The average Bonchev–Trinajstić information content (AvgIpc) is 1.96. The van der Waals surface area contributed by atoms with E-state index < -0.39 is 31.7 Å². The minimum atomic E-state index is -4.41. The maximum Gasteiger partial charge on any atom is 0.334 e. The molecule has 0 heterocycles. The van der Waals surface area contributed by atoms with Gasteiger partial charge in [-0.3, -0.25) is 14.2 Å². The monoisotopic (exact) mass is 226 g/mol. The Morgan fingerprint density at radius 3 is 2.29 bits per heavy atom. The molecule has 0 radical (unpaired) electrons. The van der Waals surface area contributed by atoms with Crippen LogP contribution in [0.4, 0.5) is 0 Å². The molecule has 0 aliphatic rings. The van der Waals surface area contributed by atoms with E-state index in [4.69, 9.17) is 20.6 Å². The van der Waals surface area contributed by atoms with Gasteiger partial charge in [0.25, 0.3) is 0 Å². The first-order valence-corrected chi connectivity index (χ1v) is 5.32. The standard InChI is InChI=1S/C5H11N2O6P/c6-3(5(9)10)1-7-4(8)2-14(11,12)13/h3H,1-2,6H2,(H,7,8)(H,9,10)(H2,11,12,13)/t3-/m0/s1. The Morgan fingerprint density at radius 2 is 1.93 bits per heavy atom. The summed E-state index contributed by atoms with van der Waals surface area (Å²) >= 11 is 0. The van der Waals surface area contributed by atoms with E-state index in [0.717, 1.165) is 0 Å². The molecule has 0 aliphatic heterocycles. The van der Waals surface area contributed by atoms with Gasteiger partial charge in [0.2, 0.25) is 5.91 Å². The van der Waals surface area contributed by atoms with E-state index in [9.17, 15) is 14.2 Å². The molecule has 0 bridgehead atoms. The van der Waals surface area contributed by atoms with Crippen LogP contribution in [0.25, 0.3) is 0 Å². The summed E-state index contributed by atoms with van der Waals surface area (Å²) in [6.45, 7) is -0.367. The van der Waals surface area contributed by atoms with Crippen molar-refractivity contribution in [2.45, 2.75) is 6.04 Å². The van der Waals surface area contributed by atoms with Crippen molar-refractivity contribution >= 4 is 19.5 Å². The van der Waals surface area contributed by atoms with Gasteiger partial charge in [0, 0.05) is 6.54 Å². The highest BCUT2D eigenvalue weighted by Crippen LogP contribution is 2.33. The van der Waals surface area contributed by atoms with E-state index in [1.54, 1.807) is 0 Å². The Hall–Kier alpha value is -0.950. The Kier molecular flexibility index (Phi) is 4.72. The number of carbonyl (C=O) groups excluding carboxylic acids is 1. The van der Waals surface area contributed by atoms with Crippen LogP contribution in [0.1, 0.15) is 0 Å². The quantitative estimate of drug-likeness (QED) is 0.330. The van der Waals surface area contributed by atoms with Crippen molar-refractivity contribution in [3.63, 3.8) is 0 Å². The molecule has 0 fully saturated rings. The van der Waals surface area contributed by atoms with E-state index in [2.05, 4.69) is 0 Å². The lowest BCUT2D eigenvalue weighted by atomic mass is 10.3. The molecular formula is C5H11N2O6P. The van der Waals surface area contributed by atoms with Crippen LogP contribution >= 0.6 is 7.60 Å². The van der Waals surface area contributed by atoms with Gasteiger partial charge in [-0.05, 0) is 0 Å². The third kappa shape index (κ3) is 6.55. The van der Waals surface area contributed by atoms with Crippen LogP contribution in [0.15, 0.2) is 0 Å².